The second-order valence-electron chi connectivity index (χ2n) is 5.37. The first-order valence-electron chi connectivity index (χ1n) is 7.69. The molecular formula is C19H16N4O2. The molecule has 0 bridgehead atoms. The van der Waals surface area contributed by atoms with E-state index in [-0.39, 0.29) is 11.8 Å². The van der Waals surface area contributed by atoms with Crippen LogP contribution in [0.15, 0.2) is 60.8 Å². The van der Waals surface area contributed by atoms with Gasteiger partial charge in [-0.3, -0.25) is 14.6 Å². The smallest absolute Gasteiger partial charge is 0.248 e. The Hall–Kier alpha value is -3.54. The molecule has 2 amide bonds. The molecule has 0 unspecified atom stereocenters. The number of nitrogens with zero attached hydrogens (tertiary/aromatic N) is 2. The van der Waals surface area contributed by atoms with Crippen LogP contribution in [0, 0.1) is 0 Å². The van der Waals surface area contributed by atoms with E-state index in [1.54, 1.807) is 36.5 Å². The molecule has 0 saturated carbocycles. The van der Waals surface area contributed by atoms with Crippen LogP contribution in [0.5, 0.6) is 0 Å². The van der Waals surface area contributed by atoms with E-state index < -0.39 is 0 Å². The highest BCUT2D eigenvalue weighted by atomic mass is 16.2. The number of anilines is 2. The average Bonchev–Trinajstić information content (AvgIpc) is 2.59. The van der Waals surface area contributed by atoms with Gasteiger partial charge in [0.05, 0.1) is 22.9 Å². The highest BCUT2D eigenvalue weighted by Crippen LogP contribution is 2.15. The molecule has 1 heterocycles. The Morgan fingerprint density at radius 2 is 1.68 bits per heavy atom. The Morgan fingerprint density at radius 3 is 2.44 bits per heavy atom. The average molecular weight is 332 g/mol. The van der Waals surface area contributed by atoms with Gasteiger partial charge in [-0.15, -0.1) is 0 Å². The molecule has 0 atom stereocenters. The second kappa shape index (κ2) is 7.35. The predicted molar refractivity (Wildman–Crippen MR) is 97.9 cm³/mol. The van der Waals surface area contributed by atoms with Gasteiger partial charge >= 0.3 is 0 Å². The molecular weight excluding hydrogens is 316 g/mol. The van der Waals surface area contributed by atoms with Crippen molar-refractivity contribution in [3.05, 3.63) is 66.5 Å². The second-order valence-corrected chi connectivity index (χ2v) is 5.37. The summed E-state index contributed by atoms with van der Waals surface area (Å²) in [6.07, 6.45) is 4.61. The van der Waals surface area contributed by atoms with Gasteiger partial charge in [-0.1, -0.05) is 18.2 Å². The summed E-state index contributed by atoms with van der Waals surface area (Å²) < 4.78 is 0. The number of benzene rings is 2. The number of carbonyl (C=O) groups excluding carboxylic acids is 2. The third-order valence-electron chi connectivity index (χ3n) is 3.32. The van der Waals surface area contributed by atoms with Gasteiger partial charge in [0.25, 0.3) is 0 Å². The van der Waals surface area contributed by atoms with E-state index in [1.165, 1.54) is 13.0 Å². The zero-order chi connectivity index (χ0) is 17.6. The van der Waals surface area contributed by atoms with Crippen LogP contribution in [-0.2, 0) is 9.59 Å². The fourth-order valence-electron chi connectivity index (χ4n) is 2.27. The molecule has 3 rings (SSSR count). The van der Waals surface area contributed by atoms with Crippen LogP contribution in [0.2, 0.25) is 0 Å². The lowest BCUT2D eigenvalue weighted by atomic mass is 10.2. The maximum atomic E-state index is 12.0. The molecule has 0 fully saturated rings. The van der Waals surface area contributed by atoms with E-state index in [0.717, 1.165) is 11.0 Å². The van der Waals surface area contributed by atoms with Crippen LogP contribution < -0.4 is 10.6 Å². The Kier molecular flexibility index (Phi) is 4.80. The lowest BCUT2D eigenvalue weighted by Gasteiger charge is -2.06. The molecule has 0 aliphatic carbocycles. The highest BCUT2D eigenvalue weighted by Gasteiger charge is 2.02. The molecule has 25 heavy (non-hydrogen) atoms. The first kappa shape index (κ1) is 16.3. The molecule has 0 aliphatic heterocycles. The maximum absolute atomic E-state index is 12.0. The summed E-state index contributed by atoms with van der Waals surface area (Å²) in [6, 6.07) is 14.5. The van der Waals surface area contributed by atoms with Gasteiger partial charge < -0.3 is 10.6 Å². The number of fused-ring (bicyclic) bond motifs is 1. The molecule has 6 nitrogen and oxygen atoms in total. The molecule has 0 radical (unpaired) electrons. The first-order valence-corrected chi connectivity index (χ1v) is 7.69. The van der Waals surface area contributed by atoms with Gasteiger partial charge in [0.2, 0.25) is 11.8 Å². The van der Waals surface area contributed by atoms with E-state index in [2.05, 4.69) is 20.6 Å². The van der Waals surface area contributed by atoms with Crippen LogP contribution in [0.25, 0.3) is 17.1 Å². The van der Waals surface area contributed by atoms with Crippen molar-refractivity contribution in [2.75, 3.05) is 10.6 Å². The third-order valence-corrected chi connectivity index (χ3v) is 3.32. The SMILES string of the molecule is CC(=O)Nc1cccc(NC(=O)/C=C/c2cnc3ccccc3n2)c1. The topological polar surface area (TPSA) is 84.0 Å². The Bertz CT molecular complexity index is 966. The highest BCUT2D eigenvalue weighted by molar-refractivity contribution is 6.02. The van der Waals surface area contributed by atoms with Gasteiger partial charge in [-0.05, 0) is 36.4 Å². The zero-order valence-corrected chi connectivity index (χ0v) is 13.6. The van der Waals surface area contributed by atoms with Gasteiger partial charge in [0, 0.05) is 24.4 Å². The fourth-order valence-corrected chi connectivity index (χ4v) is 2.27. The van der Waals surface area contributed by atoms with E-state index in [1.807, 2.05) is 24.3 Å². The van der Waals surface area contributed by atoms with Gasteiger partial charge in [-0.25, -0.2) is 4.98 Å². The van der Waals surface area contributed by atoms with Crippen molar-refractivity contribution >= 4 is 40.3 Å². The lowest BCUT2D eigenvalue weighted by Crippen LogP contribution is -2.09. The van der Waals surface area contributed by atoms with Crippen LogP contribution >= 0.6 is 0 Å². The van der Waals surface area contributed by atoms with Crippen molar-refractivity contribution in [1.82, 2.24) is 9.97 Å². The summed E-state index contributed by atoms with van der Waals surface area (Å²) in [6.45, 7) is 1.43. The van der Waals surface area contributed by atoms with Gasteiger partial charge in [0.1, 0.15) is 0 Å². The van der Waals surface area contributed by atoms with Gasteiger partial charge in [0.15, 0.2) is 0 Å². The molecule has 6 heteroatoms. The quantitative estimate of drug-likeness (QED) is 0.718. The number of hydrogen-bond donors (Lipinski definition) is 2. The minimum atomic E-state index is -0.296. The minimum Gasteiger partial charge on any atom is -0.326 e. The lowest BCUT2D eigenvalue weighted by molar-refractivity contribution is -0.114. The minimum absolute atomic E-state index is 0.168. The summed E-state index contributed by atoms with van der Waals surface area (Å²) in [4.78, 5) is 31.8. The molecule has 124 valence electrons. The van der Waals surface area contributed by atoms with Crippen molar-refractivity contribution in [2.45, 2.75) is 6.92 Å². The largest absolute Gasteiger partial charge is 0.326 e. The Labute approximate surface area is 144 Å². The van der Waals surface area contributed by atoms with E-state index >= 15 is 0 Å². The Morgan fingerprint density at radius 1 is 0.960 bits per heavy atom. The number of amides is 2. The van der Waals surface area contributed by atoms with E-state index in [9.17, 15) is 9.59 Å². The summed E-state index contributed by atoms with van der Waals surface area (Å²) in [5.41, 5.74) is 3.38. The summed E-state index contributed by atoms with van der Waals surface area (Å²) in [5.74, 6) is -0.465. The van der Waals surface area contributed by atoms with E-state index in [0.29, 0.717) is 17.1 Å². The van der Waals surface area contributed by atoms with Crippen LogP contribution in [0.3, 0.4) is 0 Å². The molecule has 0 saturated heterocycles. The van der Waals surface area contributed by atoms with Crippen LogP contribution in [0.4, 0.5) is 11.4 Å². The first-order chi connectivity index (χ1) is 12.1. The number of nitrogens with one attached hydrogen (secondary N) is 2. The number of aromatic nitrogens is 2. The zero-order valence-electron chi connectivity index (χ0n) is 13.6. The standard InChI is InChI=1S/C19H16N4O2/c1-13(24)21-14-5-4-6-15(11-14)23-19(25)10-9-16-12-20-17-7-2-3-8-18(17)22-16/h2-12H,1H3,(H,21,24)(H,23,25)/b10-9+. The maximum Gasteiger partial charge on any atom is 0.248 e. The third kappa shape index (κ3) is 4.48. The van der Waals surface area contributed by atoms with Crippen LogP contribution in [-0.4, -0.2) is 21.8 Å². The number of para-hydroxylation sites is 2. The Balaban J connectivity index is 1.69. The number of carbonyl (C=O) groups is 2. The summed E-state index contributed by atoms with van der Waals surface area (Å²) >= 11 is 0. The predicted octanol–water partition coefficient (Wildman–Crippen LogP) is 3.24. The normalized spacial score (nSPS) is 10.8. The van der Waals surface area contributed by atoms with Gasteiger partial charge in [-0.2, -0.15) is 0 Å². The molecule has 0 spiro atoms. The molecule has 0 aliphatic rings. The van der Waals surface area contributed by atoms with Crippen molar-refractivity contribution in [3.63, 3.8) is 0 Å². The van der Waals surface area contributed by atoms with Crippen molar-refractivity contribution in [2.24, 2.45) is 0 Å². The molecule has 2 aromatic carbocycles. The summed E-state index contributed by atoms with van der Waals surface area (Å²) in [5, 5.41) is 5.40. The van der Waals surface area contributed by atoms with Crippen molar-refractivity contribution in [3.8, 4) is 0 Å². The number of hydrogen-bond acceptors (Lipinski definition) is 4. The van der Waals surface area contributed by atoms with Crippen molar-refractivity contribution in [1.29, 1.82) is 0 Å². The fraction of sp³-hybridized carbons (Fsp3) is 0.0526. The summed E-state index contributed by atoms with van der Waals surface area (Å²) in [7, 11) is 0. The van der Waals surface area contributed by atoms with E-state index in [4.69, 9.17) is 0 Å². The molecule has 3 aromatic rings. The molecule has 2 N–H and O–H groups in total. The molecule has 1 aromatic heterocycles. The number of rotatable bonds is 4. The monoisotopic (exact) mass is 332 g/mol. The van der Waals surface area contributed by atoms with Crippen molar-refractivity contribution < 1.29 is 9.59 Å². The van der Waals surface area contributed by atoms with Crippen LogP contribution in [0.1, 0.15) is 12.6 Å².